The second-order valence-corrected chi connectivity index (χ2v) is 12.1. The molecule has 0 aromatic carbocycles. The van der Waals surface area contributed by atoms with Gasteiger partial charge in [-0.25, -0.2) is 23.1 Å². The fourth-order valence-corrected chi connectivity index (χ4v) is 6.25. The quantitative estimate of drug-likeness (QED) is 0.215. The Morgan fingerprint density at radius 3 is 2.40 bits per heavy atom. The summed E-state index contributed by atoms with van der Waals surface area (Å²) in [7, 11) is -13.5. The summed E-state index contributed by atoms with van der Waals surface area (Å²) in [5.74, 6) is 0.154. The third-order valence-corrected chi connectivity index (χ3v) is 8.43. The molecule has 1 saturated heterocycles. The fraction of sp³-hybridized carbons (Fsp3) is 0.615. The van der Waals surface area contributed by atoms with Gasteiger partial charge in [0.1, 0.15) is 12.2 Å². The van der Waals surface area contributed by atoms with E-state index in [0.717, 1.165) is 17.8 Å². The zero-order chi connectivity index (χ0) is 26.6. The summed E-state index contributed by atoms with van der Waals surface area (Å²) in [6.45, 7) is -0.0933. The Labute approximate surface area is 195 Å². The lowest BCUT2D eigenvalue weighted by Gasteiger charge is -2.24. The van der Waals surface area contributed by atoms with Gasteiger partial charge in [0, 0.05) is 14.1 Å². The molecule has 0 saturated carbocycles. The number of nitrogens with zero attached hydrogens (tertiary/aromatic N) is 5. The van der Waals surface area contributed by atoms with Crippen molar-refractivity contribution in [1.29, 1.82) is 0 Å². The number of hydrogen-bond acceptors (Lipinski definition) is 13. The number of fused-ring (bicyclic) bond motifs is 1. The van der Waals surface area contributed by atoms with Crippen molar-refractivity contribution in [2.45, 2.75) is 31.0 Å². The molecule has 22 heteroatoms. The second-order valence-electron chi connectivity index (χ2n) is 7.63. The van der Waals surface area contributed by atoms with E-state index in [2.05, 4.69) is 28.1 Å². The van der Waals surface area contributed by atoms with E-state index in [1.165, 1.54) is 0 Å². The number of nitrogens with two attached hydrogens (primary N) is 1. The van der Waals surface area contributed by atoms with Gasteiger partial charge in [0.25, 0.3) is 0 Å². The van der Waals surface area contributed by atoms with E-state index in [4.69, 9.17) is 20.3 Å². The molecule has 6 atom stereocenters. The standard InChI is InChI=1S/C13H22FN6O12P3/c1-13(14)8(21)6(4-29-34(25,26)32-35(27,28)31-33(22,23)24)30-11(13)20-5-16-7-9(19(2)3)17-12(15)18-10(7)20/h5-6,8,11,21H,4H2,1-3H3,(H,25,26)(H,27,28)(H2,15,17,18)(H2,22,23,24)/t6-,8?,11-,13-/m1/s1. The molecule has 2 aromatic rings. The number of phosphoric acid groups is 3. The van der Waals surface area contributed by atoms with E-state index >= 15 is 4.39 Å². The topological polar surface area (TPSA) is 262 Å². The van der Waals surface area contributed by atoms with Crippen LogP contribution in [-0.4, -0.2) is 82.8 Å². The Hall–Kier alpha value is -1.59. The highest BCUT2D eigenvalue weighted by molar-refractivity contribution is 7.66. The lowest BCUT2D eigenvalue weighted by Crippen LogP contribution is -2.40. The van der Waals surface area contributed by atoms with Crippen molar-refractivity contribution in [3.63, 3.8) is 0 Å². The van der Waals surface area contributed by atoms with Gasteiger partial charge in [0.15, 0.2) is 28.9 Å². The van der Waals surface area contributed by atoms with Crippen LogP contribution in [-0.2, 0) is 31.6 Å². The predicted molar refractivity (Wildman–Crippen MR) is 113 cm³/mol. The van der Waals surface area contributed by atoms with Crippen LogP contribution < -0.4 is 10.6 Å². The molecular weight excluding hydrogens is 544 g/mol. The summed E-state index contributed by atoms with van der Waals surface area (Å²) >= 11 is 0. The van der Waals surface area contributed by atoms with Crippen LogP contribution in [0.25, 0.3) is 11.2 Å². The van der Waals surface area contributed by atoms with E-state index in [1.54, 1.807) is 19.0 Å². The van der Waals surface area contributed by atoms with Crippen molar-refractivity contribution in [1.82, 2.24) is 19.5 Å². The molecular formula is C13H22FN6O12P3. The first-order valence-electron chi connectivity index (χ1n) is 9.31. The maximum absolute atomic E-state index is 15.5. The van der Waals surface area contributed by atoms with Gasteiger partial charge in [-0.15, -0.1) is 0 Å². The minimum atomic E-state index is -5.76. The number of rotatable bonds is 9. The van der Waals surface area contributed by atoms with E-state index in [1.807, 2.05) is 0 Å². The zero-order valence-corrected chi connectivity index (χ0v) is 20.8. The van der Waals surface area contributed by atoms with Crippen LogP contribution in [0.15, 0.2) is 6.33 Å². The van der Waals surface area contributed by atoms with Crippen LogP contribution in [0.5, 0.6) is 0 Å². The van der Waals surface area contributed by atoms with E-state index < -0.39 is 54.2 Å². The van der Waals surface area contributed by atoms with Gasteiger partial charge in [-0.1, -0.05) is 0 Å². The highest BCUT2D eigenvalue weighted by Crippen LogP contribution is 2.66. The average Bonchev–Trinajstić information content (AvgIpc) is 3.15. The molecule has 1 aliphatic heterocycles. The number of aromatic nitrogens is 4. The lowest BCUT2D eigenvalue weighted by atomic mass is 9.98. The van der Waals surface area contributed by atoms with Crippen molar-refractivity contribution < 1.29 is 60.6 Å². The van der Waals surface area contributed by atoms with Crippen molar-refractivity contribution in [2.24, 2.45) is 0 Å². The number of halogens is 1. The number of phosphoric ester groups is 1. The minimum absolute atomic E-state index is 0.0517. The van der Waals surface area contributed by atoms with Gasteiger partial charge >= 0.3 is 23.5 Å². The van der Waals surface area contributed by atoms with Gasteiger partial charge in [0.2, 0.25) is 5.95 Å². The summed E-state index contributed by atoms with van der Waals surface area (Å²) in [5.41, 5.74) is 3.46. The molecule has 0 spiro atoms. The van der Waals surface area contributed by atoms with Crippen molar-refractivity contribution >= 4 is 46.4 Å². The number of aliphatic hydroxyl groups is 1. The number of alkyl halides is 1. The number of ether oxygens (including phenoxy) is 1. The minimum Gasteiger partial charge on any atom is -0.387 e. The Morgan fingerprint density at radius 1 is 1.20 bits per heavy atom. The summed E-state index contributed by atoms with van der Waals surface area (Å²) < 4.78 is 67.8. The Kier molecular flexibility index (Phi) is 7.49. The van der Waals surface area contributed by atoms with Crippen LogP contribution in [0.4, 0.5) is 16.2 Å². The smallest absolute Gasteiger partial charge is 0.387 e. The van der Waals surface area contributed by atoms with Crippen LogP contribution in [0.3, 0.4) is 0 Å². The fourth-order valence-electron chi connectivity index (χ4n) is 3.22. The number of hydrogen-bond donors (Lipinski definition) is 6. The summed E-state index contributed by atoms with van der Waals surface area (Å²) in [6.07, 6.45) is -4.04. The molecule has 2 aromatic heterocycles. The largest absolute Gasteiger partial charge is 0.490 e. The van der Waals surface area contributed by atoms with Crippen LogP contribution in [0.1, 0.15) is 13.2 Å². The normalized spacial score (nSPS) is 28.7. The molecule has 0 radical (unpaired) electrons. The molecule has 0 bridgehead atoms. The van der Waals surface area contributed by atoms with Crippen LogP contribution in [0, 0.1) is 0 Å². The van der Waals surface area contributed by atoms with Gasteiger partial charge in [0.05, 0.1) is 12.9 Å². The molecule has 1 fully saturated rings. The summed E-state index contributed by atoms with van der Waals surface area (Å²) in [4.78, 5) is 49.7. The molecule has 198 valence electrons. The summed E-state index contributed by atoms with van der Waals surface area (Å²) in [6, 6.07) is 0. The maximum atomic E-state index is 15.5. The average molecular weight is 566 g/mol. The van der Waals surface area contributed by atoms with Gasteiger partial charge in [-0.2, -0.15) is 18.6 Å². The Morgan fingerprint density at radius 2 is 1.83 bits per heavy atom. The monoisotopic (exact) mass is 566 g/mol. The van der Waals surface area contributed by atoms with Crippen molar-refractivity contribution in [3.8, 4) is 0 Å². The van der Waals surface area contributed by atoms with Crippen molar-refractivity contribution in [2.75, 3.05) is 31.3 Å². The Balaban J connectivity index is 1.81. The second kappa shape index (κ2) is 9.37. The molecule has 0 amide bonds. The molecule has 18 nitrogen and oxygen atoms in total. The lowest BCUT2D eigenvalue weighted by molar-refractivity contribution is -0.0560. The first-order chi connectivity index (χ1) is 15.8. The molecule has 0 aliphatic carbocycles. The first kappa shape index (κ1) is 28.0. The zero-order valence-electron chi connectivity index (χ0n) is 18.1. The van der Waals surface area contributed by atoms with Crippen LogP contribution >= 0.6 is 23.5 Å². The molecule has 1 aliphatic rings. The molecule has 3 heterocycles. The Bertz CT molecular complexity index is 1250. The highest BCUT2D eigenvalue weighted by atomic mass is 31.3. The van der Waals surface area contributed by atoms with E-state index in [0.29, 0.717) is 5.82 Å². The highest BCUT2D eigenvalue weighted by Gasteiger charge is 2.56. The number of aliphatic hydroxyl groups excluding tert-OH is 1. The SMILES string of the molecule is CN(C)c1nc(N)nc2c1ncn2[C@@H]1O[C@H](COP(=O)(O)OP(=O)(O)OP(=O)(O)O)C(O)[C@@]1(C)F. The third-order valence-electron chi connectivity index (χ3n) is 4.63. The van der Waals surface area contributed by atoms with Gasteiger partial charge in [-0.3, -0.25) is 9.09 Å². The molecule has 35 heavy (non-hydrogen) atoms. The number of nitrogen functional groups attached to an aromatic ring is 1. The predicted octanol–water partition coefficient (Wildman–Crippen LogP) is -0.196. The maximum Gasteiger partial charge on any atom is 0.490 e. The number of anilines is 2. The van der Waals surface area contributed by atoms with Gasteiger partial charge in [-0.05, 0) is 6.92 Å². The molecule has 3 rings (SSSR count). The van der Waals surface area contributed by atoms with Gasteiger partial charge < -0.3 is 40.1 Å². The van der Waals surface area contributed by atoms with E-state index in [-0.39, 0.29) is 17.1 Å². The van der Waals surface area contributed by atoms with E-state index in [9.17, 15) is 28.6 Å². The van der Waals surface area contributed by atoms with Crippen LogP contribution in [0.2, 0.25) is 0 Å². The van der Waals surface area contributed by atoms with Crippen molar-refractivity contribution in [3.05, 3.63) is 6.33 Å². The first-order valence-corrected chi connectivity index (χ1v) is 13.8. The third kappa shape index (κ3) is 6.22. The molecule has 7 N–H and O–H groups in total. The summed E-state index contributed by atoms with van der Waals surface area (Å²) in [5, 5.41) is 10.4. The number of imidazole rings is 1. The molecule has 3 unspecified atom stereocenters.